The fourth-order valence-electron chi connectivity index (χ4n) is 1.91. The van der Waals surface area contributed by atoms with Crippen LogP contribution in [0.5, 0.6) is 0 Å². The molecule has 1 heterocycles. The molecule has 0 aromatic carbocycles. The van der Waals surface area contributed by atoms with E-state index < -0.39 is 11.8 Å². The normalized spacial score (nSPS) is 24.3. The molecule has 2 N–H and O–H groups in total. The van der Waals surface area contributed by atoms with Gasteiger partial charge in [0.25, 0.3) is 0 Å². The van der Waals surface area contributed by atoms with Crippen LogP contribution < -0.4 is 5.32 Å². The molecule has 0 radical (unpaired) electrons. The third-order valence-corrected chi connectivity index (χ3v) is 2.74. The van der Waals surface area contributed by atoms with Gasteiger partial charge in [0.1, 0.15) is 0 Å². The third kappa shape index (κ3) is 2.44. The molecular formula is C10H12FN3O2. The van der Waals surface area contributed by atoms with Crippen molar-refractivity contribution in [3.05, 3.63) is 18.2 Å². The first kappa shape index (κ1) is 10.8. The molecule has 2 atom stereocenters. The summed E-state index contributed by atoms with van der Waals surface area (Å²) in [7, 11) is 0. The average molecular weight is 225 g/mol. The van der Waals surface area contributed by atoms with Crippen molar-refractivity contribution in [1.29, 1.82) is 0 Å². The van der Waals surface area contributed by atoms with Gasteiger partial charge in [-0.1, -0.05) is 0 Å². The monoisotopic (exact) mass is 225 g/mol. The lowest BCUT2D eigenvalue weighted by atomic mass is 10.1. The standard InChI is InChI=1S/C10H12FN3O2/c11-7-4-12-10(13-5-7)14-8-2-1-6(3-8)9(15)16/h4-6,8H,1-3H2,(H,15,16)(H,12,13,14)/t6-,8+/m1/s1. The van der Waals surface area contributed by atoms with Gasteiger partial charge in [-0.25, -0.2) is 14.4 Å². The molecule has 0 saturated heterocycles. The molecule has 1 saturated carbocycles. The maximum Gasteiger partial charge on any atom is 0.306 e. The van der Waals surface area contributed by atoms with Crippen molar-refractivity contribution in [2.45, 2.75) is 25.3 Å². The summed E-state index contributed by atoms with van der Waals surface area (Å²) in [5.74, 6) is -1.19. The predicted molar refractivity (Wildman–Crippen MR) is 54.4 cm³/mol. The molecule has 0 spiro atoms. The number of hydrogen-bond acceptors (Lipinski definition) is 4. The lowest BCUT2D eigenvalue weighted by Crippen LogP contribution is -2.19. The average Bonchev–Trinajstić information content (AvgIpc) is 2.70. The van der Waals surface area contributed by atoms with E-state index in [0.717, 1.165) is 18.8 Å². The van der Waals surface area contributed by atoms with Crippen LogP contribution in [0.2, 0.25) is 0 Å². The van der Waals surface area contributed by atoms with E-state index in [1.165, 1.54) is 0 Å². The van der Waals surface area contributed by atoms with Gasteiger partial charge >= 0.3 is 5.97 Å². The van der Waals surface area contributed by atoms with Crippen molar-refractivity contribution in [3.63, 3.8) is 0 Å². The molecule has 5 nitrogen and oxygen atoms in total. The van der Waals surface area contributed by atoms with E-state index in [4.69, 9.17) is 5.11 Å². The molecule has 2 rings (SSSR count). The first-order valence-electron chi connectivity index (χ1n) is 5.12. The number of halogens is 1. The van der Waals surface area contributed by atoms with Gasteiger partial charge in [-0.2, -0.15) is 0 Å². The topological polar surface area (TPSA) is 75.1 Å². The van der Waals surface area contributed by atoms with Gasteiger partial charge in [0.2, 0.25) is 5.95 Å². The number of rotatable bonds is 3. The van der Waals surface area contributed by atoms with E-state index in [1.54, 1.807) is 0 Å². The molecule has 0 unspecified atom stereocenters. The lowest BCUT2D eigenvalue weighted by Gasteiger charge is -2.11. The van der Waals surface area contributed by atoms with Crippen LogP contribution in [0.4, 0.5) is 10.3 Å². The Morgan fingerprint density at radius 1 is 1.44 bits per heavy atom. The summed E-state index contributed by atoms with van der Waals surface area (Å²) in [6, 6.07) is 0.0616. The van der Waals surface area contributed by atoms with Crippen LogP contribution in [0.3, 0.4) is 0 Å². The highest BCUT2D eigenvalue weighted by molar-refractivity contribution is 5.70. The molecule has 86 valence electrons. The minimum atomic E-state index is -0.760. The summed E-state index contributed by atoms with van der Waals surface area (Å²) in [6.45, 7) is 0. The number of carboxylic acids is 1. The largest absolute Gasteiger partial charge is 0.481 e. The molecule has 1 fully saturated rings. The molecule has 1 aliphatic carbocycles. The van der Waals surface area contributed by atoms with Crippen LogP contribution >= 0.6 is 0 Å². The fourth-order valence-corrected chi connectivity index (χ4v) is 1.91. The Balaban J connectivity index is 1.92. The zero-order valence-electron chi connectivity index (χ0n) is 8.56. The first-order valence-corrected chi connectivity index (χ1v) is 5.12. The number of nitrogens with zero attached hydrogens (tertiary/aromatic N) is 2. The number of aliphatic carboxylic acids is 1. The molecule has 1 aromatic heterocycles. The van der Waals surface area contributed by atoms with Crippen LogP contribution in [0.1, 0.15) is 19.3 Å². The minimum absolute atomic E-state index is 0.0616. The van der Waals surface area contributed by atoms with E-state index in [2.05, 4.69) is 15.3 Å². The lowest BCUT2D eigenvalue weighted by molar-refractivity contribution is -0.141. The van der Waals surface area contributed by atoms with Crippen LogP contribution in [0.15, 0.2) is 12.4 Å². The molecule has 1 aliphatic rings. The maximum atomic E-state index is 12.5. The van der Waals surface area contributed by atoms with Crippen molar-refractivity contribution in [1.82, 2.24) is 9.97 Å². The van der Waals surface area contributed by atoms with E-state index >= 15 is 0 Å². The third-order valence-electron chi connectivity index (χ3n) is 2.74. The van der Waals surface area contributed by atoms with E-state index in [1.807, 2.05) is 0 Å². The SMILES string of the molecule is O=C(O)[C@@H]1CC[C@H](Nc2ncc(F)cn2)C1. The van der Waals surface area contributed by atoms with Gasteiger partial charge in [0.15, 0.2) is 5.82 Å². The highest BCUT2D eigenvalue weighted by Gasteiger charge is 2.29. The van der Waals surface area contributed by atoms with Crippen LogP contribution in [0, 0.1) is 11.7 Å². The molecule has 1 aromatic rings. The van der Waals surface area contributed by atoms with Crippen molar-refractivity contribution >= 4 is 11.9 Å². The second-order valence-corrected chi connectivity index (χ2v) is 3.91. The Hall–Kier alpha value is -1.72. The van der Waals surface area contributed by atoms with Crippen LogP contribution in [0.25, 0.3) is 0 Å². The highest BCUT2D eigenvalue weighted by atomic mass is 19.1. The smallest absolute Gasteiger partial charge is 0.306 e. The van der Waals surface area contributed by atoms with Crippen LogP contribution in [-0.4, -0.2) is 27.1 Å². The van der Waals surface area contributed by atoms with Gasteiger partial charge in [0, 0.05) is 6.04 Å². The van der Waals surface area contributed by atoms with Gasteiger partial charge < -0.3 is 10.4 Å². The van der Waals surface area contributed by atoms with Crippen molar-refractivity contribution < 1.29 is 14.3 Å². The summed E-state index contributed by atoms with van der Waals surface area (Å²) in [6.07, 6.45) is 4.17. The van der Waals surface area contributed by atoms with E-state index in [9.17, 15) is 9.18 Å². The molecule has 6 heteroatoms. The molecule has 0 bridgehead atoms. The summed E-state index contributed by atoms with van der Waals surface area (Å²) in [4.78, 5) is 18.3. The highest BCUT2D eigenvalue weighted by Crippen LogP contribution is 2.27. The molecular weight excluding hydrogens is 213 g/mol. The summed E-state index contributed by atoms with van der Waals surface area (Å²) >= 11 is 0. The number of hydrogen-bond donors (Lipinski definition) is 2. The number of nitrogens with one attached hydrogen (secondary N) is 1. The molecule has 0 aliphatic heterocycles. The number of aromatic nitrogens is 2. The van der Waals surface area contributed by atoms with Crippen LogP contribution in [-0.2, 0) is 4.79 Å². The second-order valence-electron chi connectivity index (χ2n) is 3.91. The Morgan fingerprint density at radius 2 is 2.12 bits per heavy atom. The minimum Gasteiger partial charge on any atom is -0.481 e. The maximum absolute atomic E-state index is 12.5. The number of carbonyl (C=O) groups is 1. The quantitative estimate of drug-likeness (QED) is 0.810. The van der Waals surface area contributed by atoms with Gasteiger partial charge in [-0.15, -0.1) is 0 Å². The summed E-state index contributed by atoms with van der Waals surface area (Å²) in [5, 5.41) is 11.8. The predicted octanol–water partition coefficient (Wildman–Crippen LogP) is 1.28. The Labute approximate surface area is 91.7 Å². The fraction of sp³-hybridized carbons (Fsp3) is 0.500. The van der Waals surface area contributed by atoms with E-state index in [-0.39, 0.29) is 12.0 Å². The summed E-state index contributed by atoms with van der Waals surface area (Å²) in [5.41, 5.74) is 0. The van der Waals surface area contributed by atoms with Crippen molar-refractivity contribution in [2.24, 2.45) is 5.92 Å². The number of anilines is 1. The Kier molecular flexibility index (Phi) is 2.98. The first-order chi connectivity index (χ1) is 7.65. The van der Waals surface area contributed by atoms with Gasteiger partial charge in [-0.3, -0.25) is 4.79 Å². The Bertz CT molecular complexity index is 382. The van der Waals surface area contributed by atoms with Crippen molar-refractivity contribution in [3.8, 4) is 0 Å². The van der Waals surface area contributed by atoms with Crippen molar-refractivity contribution in [2.75, 3.05) is 5.32 Å². The Morgan fingerprint density at radius 3 is 2.69 bits per heavy atom. The zero-order chi connectivity index (χ0) is 11.5. The second kappa shape index (κ2) is 4.42. The van der Waals surface area contributed by atoms with Gasteiger partial charge in [-0.05, 0) is 19.3 Å². The van der Waals surface area contributed by atoms with Gasteiger partial charge in [0.05, 0.1) is 18.3 Å². The number of carboxylic acid groups (broad SMARTS) is 1. The molecule has 0 amide bonds. The molecule has 16 heavy (non-hydrogen) atoms. The zero-order valence-corrected chi connectivity index (χ0v) is 8.56. The summed E-state index contributed by atoms with van der Waals surface area (Å²) < 4.78 is 12.5. The van der Waals surface area contributed by atoms with E-state index in [0.29, 0.717) is 18.8 Å².